The highest BCUT2D eigenvalue weighted by Gasteiger charge is 2.10. The van der Waals surface area contributed by atoms with Crippen LogP contribution in [-0.4, -0.2) is 0 Å². The molecule has 0 aliphatic rings. The van der Waals surface area contributed by atoms with Crippen LogP contribution in [0.4, 0.5) is 14.5 Å². The third kappa shape index (κ3) is 2.53. The Morgan fingerprint density at radius 3 is 2.24 bits per heavy atom. The van der Waals surface area contributed by atoms with E-state index in [1.165, 1.54) is 6.07 Å². The van der Waals surface area contributed by atoms with Crippen molar-refractivity contribution in [3.63, 3.8) is 0 Å². The van der Waals surface area contributed by atoms with E-state index in [9.17, 15) is 8.78 Å². The number of nitrogens with two attached hydrogens (primary N) is 1. The average Bonchev–Trinajstić information content (AvgIpc) is 2.30. The molecule has 0 bridgehead atoms. The number of rotatable bonds is 3. The lowest BCUT2D eigenvalue weighted by molar-refractivity contribution is 0.274. The summed E-state index contributed by atoms with van der Waals surface area (Å²) in [6.07, 6.45) is 0. The number of halogens is 2. The maximum absolute atomic E-state index is 13.3. The summed E-state index contributed by atoms with van der Waals surface area (Å²) in [6.45, 7) is 0.0323. The van der Waals surface area contributed by atoms with Gasteiger partial charge in [-0.3, -0.25) is 0 Å². The molecule has 2 aromatic carbocycles. The van der Waals surface area contributed by atoms with Gasteiger partial charge in [0.15, 0.2) is 17.4 Å². The largest absolute Gasteiger partial charge is 0.483 e. The molecule has 0 heterocycles. The Bertz CT molecular complexity index is 508. The van der Waals surface area contributed by atoms with Crippen LogP contribution in [0.2, 0.25) is 0 Å². The molecule has 0 atom stereocenters. The van der Waals surface area contributed by atoms with Crippen molar-refractivity contribution in [3.8, 4) is 5.75 Å². The minimum atomic E-state index is -0.723. The lowest BCUT2D eigenvalue weighted by atomic mass is 10.2. The Hall–Kier alpha value is -2.10. The number of benzene rings is 2. The summed E-state index contributed by atoms with van der Waals surface area (Å²) in [5.74, 6) is -1.82. The Balaban J connectivity index is 2.16. The van der Waals surface area contributed by atoms with Crippen LogP contribution in [0.25, 0.3) is 0 Å². The highest BCUT2D eigenvalue weighted by molar-refractivity contribution is 5.46. The van der Waals surface area contributed by atoms with Gasteiger partial charge in [0.1, 0.15) is 6.61 Å². The third-order valence-electron chi connectivity index (χ3n) is 2.35. The van der Waals surface area contributed by atoms with E-state index in [-0.39, 0.29) is 12.4 Å². The minimum Gasteiger partial charge on any atom is -0.483 e. The van der Waals surface area contributed by atoms with Gasteiger partial charge in [-0.15, -0.1) is 0 Å². The van der Waals surface area contributed by atoms with Gasteiger partial charge in [-0.2, -0.15) is 0 Å². The molecule has 2 rings (SSSR count). The van der Waals surface area contributed by atoms with Crippen molar-refractivity contribution in [1.82, 2.24) is 0 Å². The summed E-state index contributed by atoms with van der Waals surface area (Å²) in [5.41, 5.74) is 6.91. The lowest BCUT2D eigenvalue weighted by Gasteiger charge is -2.09. The van der Waals surface area contributed by atoms with Gasteiger partial charge in [0.25, 0.3) is 0 Å². The van der Waals surface area contributed by atoms with E-state index in [4.69, 9.17) is 10.5 Å². The highest BCUT2D eigenvalue weighted by atomic mass is 19.1. The van der Waals surface area contributed by atoms with E-state index in [1.54, 1.807) is 24.3 Å². The van der Waals surface area contributed by atoms with E-state index in [0.29, 0.717) is 11.3 Å². The van der Waals surface area contributed by atoms with Crippen molar-refractivity contribution in [2.75, 3.05) is 5.73 Å². The molecule has 0 saturated carbocycles. The molecule has 0 fully saturated rings. The fourth-order valence-corrected chi connectivity index (χ4v) is 1.44. The molecule has 17 heavy (non-hydrogen) atoms. The number of ether oxygens (including phenoxy) is 1. The molecular formula is C13H11F2NO. The van der Waals surface area contributed by atoms with Crippen molar-refractivity contribution in [2.45, 2.75) is 6.61 Å². The fourth-order valence-electron chi connectivity index (χ4n) is 1.44. The zero-order chi connectivity index (χ0) is 12.3. The molecule has 2 nitrogen and oxygen atoms in total. The Kier molecular flexibility index (Phi) is 3.23. The van der Waals surface area contributed by atoms with E-state index < -0.39 is 11.6 Å². The molecular weight excluding hydrogens is 224 g/mol. The van der Waals surface area contributed by atoms with E-state index in [2.05, 4.69) is 0 Å². The lowest BCUT2D eigenvalue weighted by Crippen LogP contribution is -2.02. The number of anilines is 1. The monoisotopic (exact) mass is 235 g/mol. The van der Waals surface area contributed by atoms with E-state index in [1.807, 2.05) is 0 Å². The fraction of sp³-hybridized carbons (Fsp3) is 0.0769. The SMILES string of the molecule is Nc1ccccc1COc1c(F)cccc1F. The smallest absolute Gasteiger partial charge is 0.191 e. The van der Waals surface area contributed by atoms with Crippen molar-refractivity contribution < 1.29 is 13.5 Å². The van der Waals surface area contributed by atoms with Crippen molar-refractivity contribution >= 4 is 5.69 Å². The second kappa shape index (κ2) is 4.82. The molecule has 4 heteroatoms. The van der Waals surface area contributed by atoms with Gasteiger partial charge in [-0.25, -0.2) is 8.78 Å². The first kappa shape index (κ1) is 11.4. The summed E-state index contributed by atoms with van der Waals surface area (Å²) >= 11 is 0. The van der Waals surface area contributed by atoms with Gasteiger partial charge < -0.3 is 10.5 Å². The number of nitrogen functional groups attached to an aromatic ring is 1. The second-order valence-corrected chi connectivity index (χ2v) is 3.54. The highest BCUT2D eigenvalue weighted by Crippen LogP contribution is 2.23. The van der Waals surface area contributed by atoms with Crippen LogP contribution in [0.5, 0.6) is 5.75 Å². The quantitative estimate of drug-likeness (QED) is 0.829. The van der Waals surface area contributed by atoms with Crippen molar-refractivity contribution in [1.29, 1.82) is 0 Å². The average molecular weight is 235 g/mol. The van der Waals surface area contributed by atoms with Gasteiger partial charge in [0, 0.05) is 11.3 Å². The van der Waals surface area contributed by atoms with Crippen LogP contribution < -0.4 is 10.5 Å². The number of hydrogen-bond donors (Lipinski definition) is 1. The molecule has 0 amide bonds. The number of para-hydroxylation sites is 2. The first-order valence-electron chi connectivity index (χ1n) is 5.08. The minimum absolute atomic E-state index is 0.0323. The van der Waals surface area contributed by atoms with Crippen LogP contribution in [0.1, 0.15) is 5.56 Å². The second-order valence-electron chi connectivity index (χ2n) is 3.54. The molecule has 0 aliphatic carbocycles. The molecule has 0 unspecified atom stereocenters. The third-order valence-corrected chi connectivity index (χ3v) is 2.35. The normalized spacial score (nSPS) is 10.2. The van der Waals surface area contributed by atoms with Crippen LogP contribution in [0.3, 0.4) is 0 Å². The predicted octanol–water partition coefficient (Wildman–Crippen LogP) is 3.13. The maximum atomic E-state index is 13.3. The van der Waals surface area contributed by atoms with E-state index in [0.717, 1.165) is 12.1 Å². The zero-order valence-electron chi connectivity index (χ0n) is 8.99. The summed E-state index contributed by atoms with van der Waals surface area (Å²) < 4.78 is 31.6. The van der Waals surface area contributed by atoms with Gasteiger partial charge >= 0.3 is 0 Å². The van der Waals surface area contributed by atoms with Gasteiger partial charge in [-0.05, 0) is 18.2 Å². The summed E-state index contributed by atoms with van der Waals surface area (Å²) in [6, 6.07) is 10.6. The standard InChI is InChI=1S/C13H11F2NO/c14-10-5-3-6-11(15)13(10)17-8-9-4-1-2-7-12(9)16/h1-7H,8,16H2. The molecule has 0 saturated heterocycles. The molecule has 0 radical (unpaired) electrons. The number of hydrogen-bond acceptors (Lipinski definition) is 2. The van der Waals surface area contributed by atoms with E-state index >= 15 is 0 Å². The van der Waals surface area contributed by atoms with Crippen molar-refractivity contribution in [2.24, 2.45) is 0 Å². The molecule has 88 valence electrons. The summed E-state index contributed by atoms with van der Waals surface area (Å²) in [4.78, 5) is 0. The van der Waals surface area contributed by atoms with Crippen LogP contribution >= 0.6 is 0 Å². The van der Waals surface area contributed by atoms with Crippen LogP contribution in [0.15, 0.2) is 42.5 Å². The molecule has 0 spiro atoms. The van der Waals surface area contributed by atoms with Crippen LogP contribution in [-0.2, 0) is 6.61 Å². The molecule has 0 aliphatic heterocycles. The summed E-state index contributed by atoms with van der Waals surface area (Å²) in [5, 5.41) is 0. The maximum Gasteiger partial charge on any atom is 0.191 e. The Morgan fingerprint density at radius 2 is 1.59 bits per heavy atom. The summed E-state index contributed by atoms with van der Waals surface area (Å²) in [7, 11) is 0. The van der Waals surface area contributed by atoms with Gasteiger partial charge in [-0.1, -0.05) is 24.3 Å². The first-order chi connectivity index (χ1) is 8.18. The molecule has 0 aromatic heterocycles. The van der Waals surface area contributed by atoms with Crippen LogP contribution in [0, 0.1) is 11.6 Å². The van der Waals surface area contributed by atoms with Crippen molar-refractivity contribution in [3.05, 3.63) is 59.7 Å². The molecule has 2 aromatic rings. The Labute approximate surface area is 97.6 Å². The molecule has 2 N–H and O–H groups in total. The van der Waals surface area contributed by atoms with Gasteiger partial charge in [0.2, 0.25) is 0 Å². The van der Waals surface area contributed by atoms with Gasteiger partial charge in [0.05, 0.1) is 0 Å². The topological polar surface area (TPSA) is 35.2 Å². The first-order valence-corrected chi connectivity index (χ1v) is 5.08. The predicted molar refractivity (Wildman–Crippen MR) is 61.5 cm³/mol. The Morgan fingerprint density at radius 1 is 0.941 bits per heavy atom. The zero-order valence-corrected chi connectivity index (χ0v) is 8.99.